The second-order valence-corrected chi connectivity index (χ2v) is 5.46. The van der Waals surface area contributed by atoms with Gasteiger partial charge in [-0.3, -0.25) is 0 Å². The lowest BCUT2D eigenvalue weighted by Gasteiger charge is -2.30. The van der Waals surface area contributed by atoms with Crippen molar-refractivity contribution < 1.29 is 0 Å². The van der Waals surface area contributed by atoms with Crippen LogP contribution in [0.3, 0.4) is 0 Å². The highest BCUT2D eigenvalue weighted by molar-refractivity contribution is 4.71. The largest absolute Gasteiger partial charge is 0.303 e. The Morgan fingerprint density at radius 2 is 1.33 bits per heavy atom. The zero-order chi connectivity index (χ0) is 11.1. The van der Waals surface area contributed by atoms with Gasteiger partial charge in [0.05, 0.1) is 0 Å². The van der Waals surface area contributed by atoms with E-state index in [0.29, 0.717) is 0 Å². The zero-order valence-corrected chi connectivity index (χ0v) is 11.0. The van der Waals surface area contributed by atoms with Crippen LogP contribution in [0.1, 0.15) is 65.2 Å². The molecule has 15 heavy (non-hydrogen) atoms. The Hall–Kier alpha value is -0.0400. The van der Waals surface area contributed by atoms with Gasteiger partial charge in [0.25, 0.3) is 0 Å². The van der Waals surface area contributed by atoms with Crippen molar-refractivity contribution in [3.63, 3.8) is 0 Å². The monoisotopic (exact) mass is 211 g/mol. The molecule has 0 N–H and O–H groups in total. The number of hydrogen-bond donors (Lipinski definition) is 0. The molecule has 1 heteroatoms. The van der Waals surface area contributed by atoms with Crippen molar-refractivity contribution >= 4 is 0 Å². The van der Waals surface area contributed by atoms with E-state index in [0.717, 1.165) is 12.0 Å². The first-order chi connectivity index (χ1) is 7.22. The highest BCUT2D eigenvalue weighted by atomic mass is 15.1. The Balaban J connectivity index is 2.36. The summed E-state index contributed by atoms with van der Waals surface area (Å²) >= 11 is 0. The third kappa shape index (κ3) is 5.01. The Bertz CT molecular complexity index is 139. The molecule has 2 atom stereocenters. The predicted molar refractivity (Wildman–Crippen MR) is 68.2 cm³/mol. The Morgan fingerprint density at radius 1 is 0.800 bits per heavy atom. The van der Waals surface area contributed by atoms with Crippen LogP contribution in [0, 0.1) is 5.92 Å². The number of hydrogen-bond acceptors (Lipinski definition) is 1. The maximum atomic E-state index is 2.56. The molecule has 0 radical (unpaired) electrons. The van der Waals surface area contributed by atoms with E-state index in [1.54, 1.807) is 0 Å². The maximum absolute atomic E-state index is 2.56. The van der Waals surface area contributed by atoms with Crippen molar-refractivity contribution in [2.75, 3.05) is 13.6 Å². The van der Waals surface area contributed by atoms with Gasteiger partial charge in [-0.1, -0.05) is 45.4 Å². The second kappa shape index (κ2) is 7.27. The minimum Gasteiger partial charge on any atom is -0.303 e. The van der Waals surface area contributed by atoms with Gasteiger partial charge in [-0.15, -0.1) is 0 Å². The summed E-state index contributed by atoms with van der Waals surface area (Å²) in [6.07, 6.45) is 11.5. The molecule has 1 nitrogen and oxygen atoms in total. The normalized spacial score (nSPS) is 33.0. The zero-order valence-electron chi connectivity index (χ0n) is 11.0. The third-order valence-corrected chi connectivity index (χ3v) is 4.19. The fraction of sp³-hybridized carbons (Fsp3) is 1.00. The molecule has 0 aromatic rings. The van der Waals surface area contributed by atoms with E-state index < -0.39 is 0 Å². The molecule has 0 aliphatic carbocycles. The number of nitrogens with zero attached hydrogens (tertiary/aromatic N) is 1. The Labute approximate surface area is 96.2 Å². The van der Waals surface area contributed by atoms with E-state index in [9.17, 15) is 0 Å². The standard InChI is InChI=1S/C14H29N/c1-13-11-9-7-5-4-6-8-10-12-15(3)14(13)2/h13-14H,4-12H2,1-3H3. The van der Waals surface area contributed by atoms with Crippen molar-refractivity contribution in [2.24, 2.45) is 5.92 Å². The fourth-order valence-corrected chi connectivity index (χ4v) is 2.59. The van der Waals surface area contributed by atoms with Crippen LogP contribution >= 0.6 is 0 Å². The van der Waals surface area contributed by atoms with Gasteiger partial charge >= 0.3 is 0 Å². The van der Waals surface area contributed by atoms with Crippen molar-refractivity contribution in [3.8, 4) is 0 Å². The van der Waals surface area contributed by atoms with Crippen LogP contribution in [0.5, 0.6) is 0 Å². The van der Waals surface area contributed by atoms with Crippen molar-refractivity contribution in [1.29, 1.82) is 0 Å². The molecule has 1 heterocycles. The van der Waals surface area contributed by atoms with Crippen LogP contribution in [0.4, 0.5) is 0 Å². The van der Waals surface area contributed by atoms with Crippen LogP contribution in [0.2, 0.25) is 0 Å². The summed E-state index contributed by atoms with van der Waals surface area (Å²) in [4.78, 5) is 2.56. The number of rotatable bonds is 0. The second-order valence-electron chi connectivity index (χ2n) is 5.46. The van der Waals surface area contributed by atoms with Gasteiger partial charge in [-0.2, -0.15) is 0 Å². The van der Waals surface area contributed by atoms with Crippen molar-refractivity contribution in [2.45, 2.75) is 71.3 Å². The first kappa shape index (κ1) is 13.0. The molecule has 1 aliphatic rings. The van der Waals surface area contributed by atoms with E-state index in [2.05, 4.69) is 25.8 Å². The molecule has 0 spiro atoms. The average molecular weight is 211 g/mol. The molecule has 0 aromatic carbocycles. The van der Waals surface area contributed by atoms with E-state index in [4.69, 9.17) is 0 Å². The van der Waals surface area contributed by atoms with E-state index in [1.807, 2.05) is 0 Å². The topological polar surface area (TPSA) is 3.24 Å². The first-order valence-electron chi connectivity index (χ1n) is 6.92. The lowest BCUT2D eigenvalue weighted by molar-refractivity contribution is 0.185. The summed E-state index contributed by atoms with van der Waals surface area (Å²) in [6, 6.07) is 0.768. The summed E-state index contributed by atoms with van der Waals surface area (Å²) < 4.78 is 0. The lowest BCUT2D eigenvalue weighted by atomic mass is 9.94. The van der Waals surface area contributed by atoms with E-state index in [1.165, 1.54) is 57.9 Å². The van der Waals surface area contributed by atoms with E-state index in [-0.39, 0.29) is 0 Å². The molecule has 1 aliphatic heterocycles. The van der Waals surface area contributed by atoms with Crippen LogP contribution in [0.25, 0.3) is 0 Å². The average Bonchev–Trinajstić information content (AvgIpc) is 2.23. The Morgan fingerprint density at radius 3 is 2.00 bits per heavy atom. The van der Waals surface area contributed by atoms with Gasteiger partial charge in [0.15, 0.2) is 0 Å². The highest BCUT2D eigenvalue weighted by Crippen LogP contribution is 2.19. The van der Waals surface area contributed by atoms with Gasteiger partial charge in [-0.05, 0) is 39.3 Å². The summed E-state index contributed by atoms with van der Waals surface area (Å²) in [6.45, 7) is 6.12. The quantitative estimate of drug-likeness (QED) is 0.583. The first-order valence-corrected chi connectivity index (χ1v) is 6.92. The molecule has 0 saturated carbocycles. The van der Waals surface area contributed by atoms with Gasteiger partial charge in [-0.25, -0.2) is 0 Å². The van der Waals surface area contributed by atoms with Crippen molar-refractivity contribution in [3.05, 3.63) is 0 Å². The smallest absolute Gasteiger partial charge is 0.00895 e. The summed E-state index contributed by atoms with van der Waals surface area (Å²) in [5.41, 5.74) is 0. The van der Waals surface area contributed by atoms with Crippen LogP contribution in [-0.2, 0) is 0 Å². The summed E-state index contributed by atoms with van der Waals surface area (Å²) in [5.74, 6) is 0.870. The minimum atomic E-state index is 0.768. The summed E-state index contributed by atoms with van der Waals surface area (Å²) in [7, 11) is 2.30. The Kier molecular flexibility index (Phi) is 6.31. The molecular formula is C14H29N. The van der Waals surface area contributed by atoms with E-state index >= 15 is 0 Å². The van der Waals surface area contributed by atoms with Crippen LogP contribution in [0.15, 0.2) is 0 Å². The predicted octanol–water partition coefficient (Wildman–Crippen LogP) is 4.08. The van der Waals surface area contributed by atoms with Gasteiger partial charge in [0.2, 0.25) is 0 Å². The minimum absolute atomic E-state index is 0.768. The van der Waals surface area contributed by atoms with Crippen molar-refractivity contribution in [1.82, 2.24) is 4.90 Å². The molecule has 2 unspecified atom stereocenters. The maximum Gasteiger partial charge on any atom is 0.00895 e. The third-order valence-electron chi connectivity index (χ3n) is 4.19. The molecule has 0 aromatic heterocycles. The molecule has 0 bridgehead atoms. The molecule has 1 rings (SSSR count). The van der Waals surface area contributed by atoms with Crippen LogP contribution < -0.4 is 0 Å². The lowest BCUT2D eigenvalue weighted by Crippen LogP contribution is -2.35. The molecule has 1 fully saturated rings. The highest BCUT2D eigenvalue weighted by Gasteiger charge is 2.16. The van der Waals surface area contributed by atoms with Gasteiger partial charge < -0.3 is 4.90 Å². The van der Waals surface area contributed by atoms with Gasteiger partial charge in [0, 0.05) is 6.04 Å². The van der Waals surface area contributed by atoms with Gasteiger partial charge in [0.1, 0.15) is 0 Å². The molecular weight excluding hydrogens is 182 g/mol. The molecule has 0 amide bonds. The SMILES string of the molecule is CC1CCCCCCCCCN(C)C1C. The summed E-state index contributed by atoms with van der Waals surface area (Å²) in [5, 5.41) is 0. The fourth-order valence-electron chi connectivity index (χ4n) is 2.59. The molecule has 1 saturated heterocycles. The molecule has 90 valence electrons. The van der Waals surface area contributed by atoms with Crippen LogP contribution in [-0.4, -0.2) is 24.5 Å².